The summed E-state index contributed by atoms with van der Waals surface area (Å²) in [5.41, 5.74) is 1.04. The maximum atomic E-state index is 13.5. The minimum Gasteiger partial charge on any atom is -0.353 e. The van der Waals surface area contributed by atoms with Gasteiger partial charge in [-0.1, -0.05) is 11.6 Å². The van der Waals surface area contributed by atoms with Crippen molar-refractivity contribution in [2.24, 2.45) is 4.99 Å². The lowest BCUT2D eigenvalue weighted by atomic mass is 9.93. The summed E-state index contributed by atoms with van der Waals surface area (Å²) in [6.45, 7) is 0. The van der Waals surface area contributed by atoms with Crippen LogP contribution in [-0.4, -0.2) is 28.1 Å². The lowest BCUT2D eigenvalue weighted by Gasteiger charge is -2.28. The molecule has 1 aliphatic carbocycles. The van der Waals surface area contributed by atoms with Crippen LogP contribution in [-0.2, 0) is 0 Å². The van der Waals surface area contributed by atoms with Crippen LogP contribution in [0.3, 0.4) is 0 Å². The number of hydrogen-bond acceptors (Lipinski definition) is 2. The molecule has 3 N–H and O–H groups in total. The Morgan fingerprint density at radius 3 is 2.43 bits per heavy atom. The van der Waals surface area contributed by atoms with Crippen LogP contribution in [0.4, 0.5) is 14.6 Å². The second-order valence-electron chi connectivity index (χ2n) is 6.99. The highest BCUT2D eigenvalue weighted by molar-refractivity contribution is 6.30. The van der Waals surface area contributed by atoms with Gasteiger partial charge in [-0.25, -0.2) is 8.78 Å². The number of nitrogens with one attached hydrogen (secondary N) is 3. The van der Waals surface area contributed by atoms with Gasteiger partial charge in [-0.3, -0.25) is 9.89 Å². The van der Waals surface area contributed by atoms with Gasteiger partial charge in [0.1, 0.15) is 17.5 Å². The lowest BCUT2D eigenvalue weighted by molar-refractivity contribution is 0.100. The standard InChI is InChI=1S/C21H18ClF2N5O/c22-14-6-4-12(5-7-14)20(30)27-21(25-17-2-1-3-17)26-19-11-18(28-29-19)13-8-15(23)10-16(24)9-13/h4-11,17H,1-3H2,(H3,25,26,27,28,29,30). The van der Waals surface area contributed by atoms with Gasteiger partial charge in [0.05, 0.1) is 5.69 Å². The molecule has 30 heavy (non-hydrogen) atoms. The van der Waals surface area contributed by atoms with Crippen molar-refractivity contribution in [3.8, 4) is 11.3 Å². The van der Waals surface area contributed by atoms with Crippen molar-refractivity contribution < 1.29 is 13.6 Å². The van der Waals surface area contributed by atoms with Gasteiger partial charge in [0.25, 0.3) is 5.91 Å². The molecule has 1 aliphatic rings. The van der Waals surface area contributed by atoms with Gasteiger partial charge < -0.3 is 10.6 Å². The molecule has 0 spiro atoms. The third kappa shape index (κ3) is 4.83. The van der Waals surface area contributed by atoms with E-state index in [0.29, 0.717) is 27.7 Å². The number of hydrogen-bond donors (Lipinski definition) is 3. The third-order valence-corrected chi connectivity index (χ3v) is 4.99. The molecule has 0 aliphatic heterocycles. The van der Waals surface area contributed by atoms with Crippen LogP contribution in [0.5, 0.6) is 0 Å². The molecular formula is C21H18ClF2N5O. The Morgan fingerprint density at radius 1 is 1.10 bits per heavy atom. The van der Waals surface area contributed by atoms with Crippen LogP contribution < -0.4 is 10.6 Å². The number of H-pyrrole nitrogens is 1. The van der Waals surface area contributed by atoms with E-state index in [2.05, 4.69) is 25.8 Å². The fourth-order valence-corrected chi connectivity index (χ4v) is 3.09. The Labute approximate surface area is 176 Å². The van der Waals surface area contributed by atoms with E-state index in [4.69, 9.17) is 11.6 Å². The highest BCUT2D eigenvalue weighted by atomic mass is 35.5. The van der Waals surface area contributed by atoms with Crippen molar-refractivity contribution in [3.63, 3.8) is 0 Å². The van der Waals surface area contributed by atoms with Crippen LogP contribution in [0.25, 0.3) is 11.3 Å². The summed E-state index contributed by atoms with van der Waals surface area (Å²) >= 11 is 5.87. The average molecular weight is 430 g/mol. The normalized spacial score (nSPS) is 14.3. The van der Waals surface area contributed by atoms with E-state index in [0.717, 1.165) is 25.3 Å². The lowest BCUT2D eigenvalue weighted by Crippen LogP contribution is -2.43. The van der Waals surface area contributed by atoms with Gasteiger partial charge in [0, 0.05) is 34.3 Å². The first-order valence-corrected chi connectivity index (χ1v) is 9.78. The molecule has 0 bridgehead atoms. The molecule has 0 saturated heterocycles. The van der Waals surface area contributed by atoms with Crippen molar-refractivity contribution in [2.45, 2.75) is 25.3 Å². The Hall–Kier alpha value is -3.26. The SMILES string of the molecule is O=C(/N=C(\Nc1cc(-c2cc(F)cc(F)c2)n[nH]1)NC1CCC1)c1ccc(Cl)cc1. The number of carbonyl (C=O) groups excluding carboxylic acids is 1. The molecule has 6 nitrogen and oxygen atoms in total. The van der Waals surface area contributed by atoms with Crippen molar-refractivity contribution in [3.05, 3.63) is 70.8 Å². The molecule has 0 radical (unpaired) electrons. The van der Waals surface area contributed by atoms with E-state index < -0.39 is 17.5 Å². The number of benzene rings is 2. The van der Waals surface area contributed by atoms with E-state index in [1.165, 1.54) is 12.1 Å². The summed E-state index contributed by atoms with van der Waals surface area (Å²) < 4.78 is 27.0. The van der Waals surface area contributed by atoms with E-state index in [1.54, 1.807) is 30.3 Å². The molecule has 1 saturated carbocycles. The molecule has 3 aromatic rings. The fourth-order valence-electron chi connectivity index (χ4n) is 2.96. The van der Waals surface area contributed by atoms with Gasteiger partial charge in [-0.15, -0.1) is 0 Å². The van der Waals surface area contributed by atoms with Crippen LogP contribution >= 0.6 is 11.6 Å². The van der Waals surface area contributed by atoms with Gasteiger partial charge in [0.15, 0.2) is 0 Å². The smallest absolute Gasteiger partial charge is 0.280 e. The maximum absolute atomic E-state index is 13.5. The number of aliphatic imine (C=N–C) groups is 1. The summed E-state index contributed by atoms with van der Waals surface area (Å²) in [7, 11) is 0. The zero-order valence-corrected chi connectivity index (χ0v) is 16.5. The third-order valence-electron chi connectivity index (χ3n) is 4.74. The number of aromatic amines is 1. The van der Waals surface area contributed by atoms with Crippen LogP contribution in [0, 0.1) is 11.6 Å². The number of amides is 1. The first kappa shape index (κ1) is 20.0. The number of anilines is 1. The van der Waals surface area contributed by atoms with Crippen molar-refractivity contribution in [2.75, 3.05) is 5.32 Å². The topological polar surface area (TPSA) is 82.2 Å². The maximum Gasteiger partial charge on any atom is 0.280 e. The number of nitrogens with zero attached hydrogens (tertiary/aromatic N) is 2. The molecule has 1 heterocycles. The van der Waals surface area contributed by atoms with Crippen LogP contribution in [0.2, 0.25) is 5.02 Å². The first-order chi connectivity index (χ1) is 14.5. The average Bonchev–Trinajstić information content (AvgIpc) is 3.13. The Morgan fingerprint density at radius 2 is 1.80 bits per heavy atom. The Balaban J connectivity index is 1.55. The number of halogens is 3. The van der Waals surface area contributed by atoms with Gasteiger partial charge >= 0.3 is 0 Å². The van der Waals surface area contributed by atoms with Crippen molar-refractivity contribution in [1.82, 2.24) is 15.5 Å². The quantitative estimate of drug-likeness (QED) is 0.412. The highest BCUT2D eigenvalue weighted by Crippen LogP contribution is 2.23. The van der Waals surface area contributed by atoms with Crippen molar-refractivity contribution >= 4 is 29.3 Å². The Kier molecular flexibility index (Phi) is 5.76. The molecule has 9 heteroatoms. The molecule has 1 aromatic heterocycles. The molecule has 154 valence electrons. The predicted octanol–water partition coefficient (Wildman–Crippen LogP) is 4.76. The van der Waals surface area contributed by atoms with E-state index >= 15 is 0 Å². The second kappa shape index (κ2) is 8.62. The largest absolute Gasteiger partial charge is 0.353 e. The molecular weight excluding hydrogens is 412 g/mol. The number of carbonyl (C=O) groups is 1. The zero-order valence-electron chi connectivity index (χ0n) is 15.8. The Bertz CT molecular complexity index is 1070. The molecule has 1 amide bonds. The summed E-state index contributed by atoms with van der Waals surface area (Å²) in [5, 5.41) is 13.6. The van der Waals surface area contributed by atoms with Crippen LogP contribution in [0.1, 0.15) is 29.6 Å². The summed E-state index contributed by atoms with van der Waals surface area (Å²) in [5.74, 6) is -1.13. The summed E-state index contributed by atoms with van der Waals surface area (Å²) in [6.07, 6.45) is 3.06. The van der Waals surface area contributed by atoms with Gasteiger partial charge in [-0.05, 0) is 55.7 Å². The minimum atomic E-state index is -0.690. The van der Waals surface area contributed by atoms with Crippen molar-refractivity contribution in [1.29, 1.82) is 0 Å². The van der Waals surface area contributed by atoms with Gasteiger partial charge in [-0.2, -0.15) is 10.1 Å². The van der Waals surface area contributed by atoms with Crippen LogP contribution in [0.15, 0.2) is 53.5 Å². The predicted molar refractivity (Wildman–Crippen MR) is 112 cm³/mol. The van der Waals surface area contributed by atoms with E-state index in [1.807, 2.05) is 0 Å². The second-order valence-corrected chi connectivity index (χ2v) is 7.43. The van der Waals surface area contributed by atoms with Gasteiger partial charge in [0.2, 0.25) is 5.96 Å². The molecule has 0 unspecified atom stereocenters. The summed E-state index contributed by atoms with van der Waals surface area (Å²) in [6, 6.07) is 11.4. The molecule has 2 aromatic carbocycles. The highest BCUT2D eigenvalue weighted by Gasteiger charge is 2.20. The summed E-state index contributed by atoms with van der Waals surface area (Å²) in [4.78, 5) is 16.7. The molecule has 1 fully saturated rings. The first-order valence-electron chi connectivity index (χ1n) is 9.40. The molecule has 0 atom stereocenters. The number of aromatic nitrogens is 2. The number of guanidine groups is 1. The monoisotopic (exact) mass is 429 g/mol. The fraction of sp³-hybridized carbons (Fsp3) is 0.190. The minimum absolute atomic E-state index is 0.217. The zero-order chi connectivity index (χ0) is 21.1. The molecule has 4 rings (SSSR count). The number of rotatable bonds is 4. The van der Waals surface area contributed by atoms with E-state index in [9.17, 15) is 13.6 Å². The van der Waals surface area contributed by atoms with E-state index in [-0.39, 0.29) is 12.0 Å².